The van der Waals surface area contributed by atoms with E-state index < -0.39 is 0 Å². The number of nitrogens with one attached hydrogen (secondary N) is 1. The third-order valence-corrected chi connectivity index (χ3v) is 4.89. The summed E-state index contributed by atoms with van der Waals surface area (Å²) in [4.78, 5) is 0. The highest BCUT2D eigenvalue weighted by Gasteiger charge is 2.24. The molecule has 2 heterocycles. The first kappa shape index (κ1) is 14.5. The molecule has 1 unspecified atom stereocenters. The molecule has 0 radical (unpaired) electrons. The fourth-order valence-corrected chi connectivity index (χ4v) is 3.81. The van der Waals surface area contributed by atoms with Gasteiger partial charge in [-0.3, -0.25) is 0 Å². The van der Waals surface area contributed by atoms with E-state index in [0.717, 1.165) is 36.8 Å². The van der Waals surface area contributed by atoms with E-state index in [1.165, 1.54) is 16.8 Å². The lowest BCUT2D eigenvalue weighted by atomic mass is 9.99. The zero-order valence-electron chi connectivity index (χ0n) is 13.3. The molecule has 0 spiro atoms. The quantitative estimate of drug-likeness (QED) is 0.766. The van der Waals surface area contributed by atoms with Gasteiger partial charge in [0.2, 0.25) is 0 Å². The molecule has 0 amide bonds. The summed E-state index contributed by atoms with van der Waals surface area (Å²) >= 11 is 0. The van der Waals surface area contributed by atoms with Crippen molar-refractivity contribution in [3.63, 3.8) is 0 Å². The number of nitrogens with zero attached hydrogens (tertiary/aromatic N) is 1. The topological polar surface area (TPSA) is 17.0 Å². The first-order valence-corrected chi connectivity index (χ1v) is 8.32. The van der Waals surface area contributed by atoms with Gasteiger partial charge in [0, 0.05) is 42.1 Å². The average molecular weight is 308 g/mol. The van der Waals surface area contributed by atoms with Crippen molar-refractivity contribution < 1.29 is 4.39 Å². The van der Waals surface area contributed by atoms with Gasteiger partial charge >= 0.3 is 0 Å². The van der Waals surface area contributed by atoms with Gasteiger partial charge in [0.15, 0.2) is 0 Å². The van der Waals surface area contributed by atoms with Crippen molar-refractivity contribution in [2.75, 3.05) is 6.54 Å². The largest absolute Gasteiger partial charge is 0.344 e. The maximum absolute atomic E-state index is 13.8. The van der Waals surface area contributed by atoms with E-state index >= 15 is 0 Å². The summed E-state index contributed by atoms with van der Waals surface area (Å²) < 4.78 is 16.2. The summed E-state index contributed by atoms with van der Waals surface area (Å²) in [6, 6.07) is 16.0. The lowest BCUT2D eigenvalue weighted by molar-refractivity contribution is 0.521. The molecule has 0 saturated heterocycles. The van der Waals surface area contributed by atoms with Crippen molar-refractivity contribution >= 4 is 10.9 Å². The molecule has 1 N–H and O–H groups in total. The maximum atomic E-state index is 13.8. The van der Waals surface area contributed by atoms with Crippen molar-refractivity contribution in [2.45, 2.75) is 32.4 Å². The Morgan fingerprint density at radius 3 is 2.83 bits per heavy atom. The summed E-state index contributed by atoms with van der Waals surface area (Å²) in [6.45, 7) is 4.09. The van der Waals surface area contributed by atoms with Crippen LogP contribution in [0.1, 0.15) is 29.8 Å². The van der Waals surface area contributed by atoms with E-state index in [9.17, 15) is 4.39 Å². The molecule has 4 rings (SSSR count). The smallest absolute Gasteiger partial charge is 0.123 e. The van der Waals surface area contributed by atoms with E-state index in [1.807, 2.05) is 12.1 Å². The fourth-order valence-electron chi connectivity index (χ4n) is 3.81. The Bertz CT molecular complexity index is 836. The first-order valence-electron chi connectivity index (χ1n) is 8.32. The summed E-state index contributed by atoms with van der Waals surface area (Å²) in [5.74, 6) is -0.154. The molecule has 3 aromatic rings. The summed E-state index contributed by atoms with van der Waals surface area (Å²) in [5.41, 5.74) is 5.14. The van der Waals surface area contributed by atoms with Gasteiger partial charge in [-0.1, -0.05) is 30.3 Å². The van der Waals surface area contributed by atoms with Crippen molar-refractivity contribution in [1.82, 2.24) is 9.88 Å². The van der Waals surface area contributed by atoms with Crippen molar-refractivity contribution in [3.05, 3.63) is 71.2 Å². The minimum atomic E-state index is -0.154. The highest BCUT2D eigenvalue weighted by atomic mass is 19.1. The Morgan fingerprint density at radius 1 is 1.17 bits per heavy atom. The molecule has 2 nitrogen and oxygen atoms in total. The molecule has 1 aliphatic heterocycles. The second-order valence-electron chi connectivity index (χ2n) is 6.33. The molecule has 1 aromatic heterocycles. The molecule has 0 aliphatic carbocycles. The van der Waals surface area contributed by atoms with Crippen LogP contribution in [0.5, 0.6) is 0 Å². The second kappa shape index (κ2) is 5.82. The molecule has 0 bridgehead atoms. The first-order chi connectivity index (χ1) is 11.2. The van der Waals surface area contributed by atoms with Crippen LogP contribution in [-0.4, -0.2) is 11.1 Å². The Balaban J connectivity index is 1.79. The molecule has 0 saturated carbocycles. The van der Waals surface area contributed by atoms with E-state index in [-0.39, 0.29) is 11.9 Å². The Kier molecular flexibility index (Phi) is 3.66. The molecule has 2 aromatic carbocycles. The molecule has 0 fully saturated rings. The predicted molar refractivity (Wildman–Crippen MR) is 92.2 cm³/mol. The zero-order valence-corrected chi connectivity index (χ0v) is 13.3. The average Bonchev–Trinajstić information content (AvgIpc) is 2.88. The molecular weight excluding hydrogens is 287 g/mol. The molecule has 1 aliphatic rings. The summed E-state index contributed by atoms with van der Waals surface area (Å²) in [6.07, 6.45) is 2.00. The summed E-state index contributed by atoms with van der Waals surface area (Å²) in [5, 5.41) is 4.56. The number of hydrogen-bond acceptors (Lipinski definition) is 1. The van der Waals surface area contributed by atoms with Crippen molar-refractivity contribution in [3.8, 4) is 0 Å². The van der Waals surface area contributed by atoms with Gasteiger partial charge in [-0.25, -0.2) is 4.39 Å². The monoisotopic (exact) mass is 308 g/mol. The third kappa shape index (κ3) is 2.55. The fraction of sp³-hybridized carbons (Fsp3) is 0.300. The van der Waals surface area contributed by atoms with E-state index in [1.54, 1.807) is 12.1 Å². The van der Waals surface area contributed by atoms with E-state index in [4.69, 9.17) is 0 Å². The maximum Gasteiger partial charge on any atom is 0.123 e. The minimum Gasteiger partial charge on any atom is -0.344 e. The zero-order chi connectivity index (χ0) is 15.8. The highest BCUT2D eigenvalue weighted by Crippen LogP contribution is 2.34. The number of hydrogen-bond donors (Lipinski definition) is 1. The highest BCUT2D eigenvalue weighted by molar-refractivity contribution is 5.86. The van der Waals surface area contributed by atoms with Gasteiger partial charge in [-0.05, 0) is 42.7 Å². The minimum absolute atomic E-state index is 0.154. The number of fused-ring (bicyclic) bond motifs is 3. The lowest BCUT2D eigenvalue weighted by Gasteiger charge is -2.23. The predicted octanol–water partition coefficient (Wildman–Crippen LogP) is 4.23. The van der Waals surface area contributed by atoms with Crippen LogP contribution in [0.4, 0.5) is 4.39 Å². The second-order valence-corrected chi connectivity index (χ2v) is 6.33. The number of aromatic nitrogens is 1. The van der Waals surface area contributed by atoms with Crippen molar-refractivity contribution in [1.29, 1.82) is 0 Å². The van der Waals surface area contributed by atoms with E-state index in [0.29, 0.717) is 0 Å². The number of rotatable bonds is 3. The molecule has 118 valence electrons. The Morgan fingerprint density at radius 2 is 2.00 bits per heavy atom. The molecule has 23 heavy (non-hydrogen) atoms. The standard InChI is InChI=1S/C20H21FN2/c1-14-20-17-13-16(21)7-8-18(17)23(19(20)9-11-22-14)12-10-15-5-3-2-4-6-15/h2-8,13-14,22H,9-12H2,1H3. The van der Waals surface area contributed by atoms with Gasteiger partial charge in [0.05, 0.1) is 0 Å². The van der Waals surface area contributed by atoms with Gasteiger partial charge < -0.3 is 9.88 Å². The Hall–Kier alpha value is -2.13. The van der Waals surface area contributed by atoms with Crippen LogP contribution >= 0.6 is 0 Å². The van der Waals surface area contributed by atoms with Crippen LogP contribution in [-0.2, 0) is 19.4 Å². The lowest BCUT2D eigenvalue weighted by Crippen LogP contribution is -2.28. The van der Waals surface area contributed by atoms with Crippen LogP contribution in [0, 0.1) is 5.82 Å². The third-order valence-electron chi connectivity index (χ3n) is 4.89. The van der Waals surface area contributed by atoms with Gasteiger partial charge in [-0.15, -0.1) is 0 Å². The van der Waals surface area contributed by atoms with E-state index in [2.05, 4.69) is 41.1 Å². The Labute approximate surface area is 135 Å². The van der Waals surface area contributed by atoms with Gasteiger partial charge in [-0.2, -0.15) is 0 Å². The molecule has 3 heteroatoms. The SMILES string of the molecule is CC1NCCc2c1c1cc(F)ccc1n2CCc1ccccc1. The van der Waals surface area contributed by atoms with Crippen molar-refractivity contribution in [2.24, 2.45) is 0 Å². The van der Waals surface area contributed by atoms with Crippen LogP contribution in [0.15, 0.2) is 48.5 Å². The number of aryl methyl sites for hydroxylation is 2. The van der Waals surface area contributed by atoms with Crippen LogP contribution in [0.2, 0.25) is 0 Å². The normalized spacial score (nSPS) is 17.4. The number of benzene rings is 2. The number of halogens is 1. The van der Waals surface area contributed by atoms with Crippen LogP contribution in [0.25, 0.3) is 10.9 Å². The summed E-state index contributed by atoms with van der Waals surface area (Å²) in [7, 11) is 0. The van der Waals surface area contributed by atoms with Crippen LogP contribution in [0.3, 0.4) is 0 Å². The molecular formula is C20H21FN2. The molecule has 1 atom stereocenters. The van der Waals surface area contributed by atoms with Gasteiger partial charge in [0.1, 0.15) is 5.82 Å². The van der Waals surface area contributed by atoms with Gasteiger partial charge in [0.25, 0.3) is 0 Å². The van der Waals surface area contributed by atoms with Crippen LogP contribution < -0.4 is 5.32 Å².